The lowest BCUT2D eigenvalue weighted by Gasteiger charge is -2.09. The van der Waals surface area contributed by atoms with E-state index in [-0.39, 0.29) is 11.5 Å². The molecule has 0 aliphatic heterocycles. The van der Waals surface area contributed by atoms with Gasteiger partial charge in [-0.15, -0.1) is 0 Å². The first kappa shape index (κ1) is 12.7. The van der Waals surface area contributed by atoms with E-state index >= 15 is 0 Å². The van der Waals surface area contributed by atoms with Crippen molar-refractivity contribution in [2.75, 3.05) is 5.75 Å². The maximum atomic E-state index is 11.7. The van der Waals surface area contributed by atoms with Crippen LogP contribution in [0.3, 0.4) is 0 Å². The van der Waals surface area contributed by atoms with Crippen molar-refractivity contribution in [3.63, 3.8) is 0 Å². The molecule has 0 amide bonds. The van der Waals surface area contributed by atoms with Crippen molar-refractivity contribution < 1.29 is 18.5 Å². The van der Waals surface area contributed by atoms with Crippen molar-refractivity contribution in [1.29, 1.82) is 0 Å². The zero-order chi connectivity index (χ0) is 12.8. The van der Waals surface area contributed by atoms with Crippen molar-refractivity contribution in [3.05, 3.63) is 54.5 Å². The summed E-state index contributed by atoms with van der Waals surface area (Å²) in [7, 11) is 0. The summed E-state index contributed by atoms with van der Waals surface area (Å²) in [6.45, 7) is 0. The molecule has 0 aliphatic carbocycles. The van der Waals surface area contributed by atoms with Gasteiger partial charge in [0.05, 0.1) is 6.26 Å². The summed E-state index contributed by atoms with van der Waals surface area (Å²) in [5.74, 6) is 0.622. The van der Waals surface area contributed by atoms with Crippen LogP contribution >= 0.6 is 0 Å². The third-order valence-corrected chi connectivity index (χ3v) is 3.30. The molecule has 18 heavy (non-hydrogen) atoms. The first-order chi connectivity index (χ1) is 8.74. The second-order valence-corrected chi connectivity index (χ2v) is 5.05. The largest absolute Gasteiger partial charge is 0.616 e. The quantitative estimate of drug-likeness (QED) is 0.471. The van der Waals surface area contributed by atoms with E-state index in [2.05, 4.69) is 0 Å². The van der Waals surface area contributed by atoms with E-state index in [1.165, 1.54) is 6.26 Å². The Labute approximate surface area is 108 Å². The molecule has 94 valence electrons. The molecule has 0 bridgehead atoms. The Hall–Kier alpha value is -1.72. The highest BCUT2D eigenvalue weighted by Crippen LogP contribution is 2.11. The first-order valence-corrected chi connectivity index (χ1v) is 6.86. The fraction of sp³-hybridized carbons (Fsp3) is 0.154. The van der Waals surface area contributed by atoms with E-state index in [1.54, 1.807) is 36.4 Å². The van der Waals surface area contributed by atoms with Crippen molar-refractivity contribution in [2.24, 2.45) is 0 Å². The number of carbonyl (C=O) groups is 1. The van der Waals surface area contributed by atoms with E-state index in [9.17, 15) is 9.35 Å². The molecule has 1 aromatic carbocycles. The Morgan fingerprint density at radius 1 is 1.22 bits per heavy atom. The monoisotopic (exact) mass is 264 g/mol. The molecular weight excluding hydrogens is 252 g/mol. The van der Waals surface area contributed by atoms with Crippen molar-refractivity contribution in [1.82, 2.24) is 0 Å². The van der Waals surface area contributed by atoms with E-state index in [0.717, 1.165) is 0 Å². The summed E-state index contributed by atoms with van der Waals surface area (Å²) in [6, 6.07) is 12.1. The SMILES string of the molecule is O=C(C[S+]([O-])Cc1ccco1)Oc1ccccc1. The number of rotatable bonds is 5. The molecule has 0 saturated heterocycles. The fourth-order valence-corrected chi connectivity index (χ4v) is 2.29. The molecule has 1 atom stereocenters. The number of carbonyl (C=O) groups excluding carboxylic acids is 1. The van der Waals surface area contributed by atoms with E-state index in [0.29, 0.717) is 11.5 Å². The first-order valence-electron chi connectivity index (χ1n) is 5.37. The molecule has 0 radical (unpaired) electrons. The third-order valence-electron chi connectivity index (χ3n) is 2.14. The number of esters is 1. The highest BCUT2D eigenvalue weighted by Gasteiger charge is 2.17. The number of benzene rings is 1. The second kappa shape index (κ2) is 6.28. The molecule has 5 heteroatoms. The standard InChI is InChI=1S/C13H12O4S/c14-13(17-11-5-2-1-3-6-11)10-18(15)9-12-7-4-8-16-12/h1-8H,9-10H2. The van der Waals surface area contributed by atoms with Gasteiger partial charge in [0.2, 0.25) is 5.75 Å². The molecule has 0 N–H and O–H groups in total. The van der Waals surface area contributed by atoms with Gasteiger partial charge in [-0.1, -0.05) is 18.2 Å². The Morgan fingerprint density at radius 3 is 2.67 bits per heavy atom. The minimum absolute atomic E-state index is 0.143. The van der Waals surface area contributed by atoms with Gasteiger partial charge in [0, 0.05) is 0 Å². The lowest BCUT2D eigenvalue weighted by molar-refractivity contribution is -0.131. The zero-order valence-electron chi connectivity index (χ0n) is 9.57. The highest BCUT2D eigenvalue weighted by molar-refractivity contribution is 7.91. The predicted molar refractivity (Wildman–Crippen MR) is 67.5 cm³/mol. The lowest BCUT2D eigenvalue weighted by atomic mass is 10.3. The summed E-state index contributed by atoms with van der Waals surface area (Å²) in [5, 5.41) is 0. The molecule has 1 unspecified atom stereocenters. The van der Waals surface area contributed by atoms with Crippen LogP contribution in [0.2, 0.25) is 0 Å². The van der Waals surface area contributed by atoms with Gasteiger partial charge in [-0.05, 0) is 35.4 Å². The Balaban J connectivity index is 1.80. The highest BCUT2D eigenvalue weighted by atomic mass is 32.2. The zero-order valence-corrected chi connectivity index (χ0v) is 10.4. The third kappa shape index (κ3) is 3.94. The molecule has 2 rings (SSSR count). The van der Waals surface area contributed by atoms with Crippen LogP contribution in [0.5, 0.6) is 5.75 Å². The molecule has 0 aliphatic rings. The predicted octanol–water partition coefficient (Wildman–Crippen LogP) is 2.13. The Bertz CT molecular complexity index is 481. The number of hydrogen-bond donors (Lipinski definition) is 0. The lowest BCUT2D eigenvalue weighted by Crippen LogP contribution is -2.22. The van der Waals surface area contributed by atoms with Crippen LogP contribution < -0.4 is 4.74 Å². The van der Waals surface area contributed by atoms with Gasteiger partial charge in [0.1, 0.15) is 5.75 Å². The van der Waals surface area contributed by atoms with Gasteiger partial charge in [0.15, 0.2) is 11.5 Å². The van der Waals surface area contributed by atoms with Gasteiger partial charge in [0.25, 0.3) is 0 Å². The van der Waals surface area contributed by atoms with Crippen LogP contribution in [0, 0.1) is 0 Å². The maximum absolute atomic E-state index is 11.7. The smallest absolute Gasteiger partial charge is 0.361 e. The van der Waals surface area contributed by atoms with Gasteiger partial charge >= 0.3 is 5.97 Å². The normalized spacial score (nSPS) is 12.1. The minimum Gasteiger partial charge on any atom is -0.616 e. The van der Waals surface area contributed by atoms with Crippen LogP contribution in [-0.4, -0.2) is 16.3 Å². The molecule has 1 aromatic heterocycles. The molecule has 0 spiro atoms. The Morgan fingerprint density at radius 2 is 2.00 bits per heavy atom. The molecule has 4 nitrogen and oxygen atoms in total. The van der Waals surface area contributed by atoms with Gasteiger partial charge < -0.3 is 13.7 Å². The number of hydrogen-bond acceptors (Lipinski definition) is 4. The summed E-state index contributed by atoms with van der Waals surface area (Å²) >= 11 is -1.32. The van der Waals surface area contributed by atoms with Gasteiger partial charge in [-0.25, -0.2) is 4.79 Å². The number of furan rings is 1. The average molecular weight is 264 g/mol. The van der Waals surface area contributed by atoms with Crippen molar-refractivity contribution in [3.8, 4) is 5.75 Å². The van der Waals surface area contributed by atoms with Gasteiger partial charge in [-0.2, -0.15) is 0 Å². The van der Waals surface area contributed by atoms with Crippen molar-refractivity contribution >= 4 is 17.1 Å². The van der Waals surface area contributed by atoms with E-state index < -0.39 is 17.1 Å². The average Bonchev–Trinajstić information content (AvgIpc) is 2.82. The summed E-state index contributed by atoms with van der Waals surface area (Å²) < 4.78 is 21.8. The van der Waals surface area contributed by atoms with Crippen LogP contribution in [-0.2, 0) is 21.7 Å². The van der Waals surface area contributed by atoms with Crippen LogP contribution in [0.1, 0.15) is 5.76 Å². The summed E-state index contributed by atoms with van der Waals surface area (Å²) in [4.78, 5) is 11.5. The molecular formula is C13H12O4S. The number of para-hydroxylation sites is 1. The van der Waals surface area contributed by atoms with Crippen LogP contribution in [0.4, 0.5) is 0 Å². The maximum Gasteiger partial charge on any atom is 0.361 e. The summed E-state index contributed by atoms with van der Waals surface area (Å²) in [5.41, 5.74) is 0. The molecule has 1 heterocycles. The van der Waals surface area contributed by atoms with E-state index in [4.69, 9.17) is 9.15 Å². The Kier molecular flexibility index (Phi) is 4.44. The van der Waals surface area contributed by atoms with Crippen molar-refractivity contribution in [2.45, 2.75) is 5.75 Å². The second-order valence-electron chi connectivity index (χ2n) is 3.59. The number of ether oxygens (including phenoxy) is 1. The summed E-state index contributed by atoms with van der Waals surface area (Å²) in [6.07, 6.45) is 1.51. The van der Waals surface area contributed by atoms with Crippen LogP contribution in [0.25, 0.3) is 0 Å². The molecule has 0 fully saturated rings. The van der Waals surface area contributed by atoms with E-state index in [1.807, 2.05) is 6.07 Å². The fourth-order valence-electron chi connectivity index (χ4n) is 1.39. The minimum atomic E-state index is -1.32. The van der Waals surface area contributed by atoms with Gasteiger partial charge in [-0.3, -0.25) is 0 Å². The molecule has 0 saturated carbocycles. The topological polar surface area (TPSA) is 62.5 Å². The van der Waals surface area contributed by atoms with Crippen LogP contribution in [0.15, 0.2) is 53.1 Å². The molecule has 2 aromatic rings.